The molecule has 3 heterocycles. The van der Waals surface area contributed by atoms with Gasteiger partial charge in [0.05, 0.1) is 12.8 Å². The van der Waals surface area contributed by atoms with Gasteiger partial charge in [-0.15, -0.1) is 0 Å². The Morgan fingerprint density at radius 3 is 2.73 bits per heavy atom. The second kappa shape index (κ2) is 8.65. The topological polar surface area (TPSA) is 110 Å². The number of anilines is 4. The van der Waals surface area contributed by atoms with Gasteiger partial charge in [-0.1, -0.05) is 0 Å². The third-order valence-corrected chi connectivity index (χ3v) is 4.92. The average Bonchev–Trinajstić information content (AvgIpc) is 3.25. The third kappa shape index (κ3) is 4.36. The molecule has 2 aromatic carbocycles. The molecule has 33 heavy (non-hydrogen) atoms. The molecule has 0 fully saturated rings. The van der Waals surface area contributed by atoms with Gasteiger partial charge in [-0.25, -0.2) is 14.2 Å². The van der Waals surface area contributed by atoms with Gasteiger partial charge in [-0.3, -0.25) is 0 Å². The summed E-state index contributed by atoms with van der Waals surface area (Å²) in [5, 5.41) is 6.81. The second-order valence-electron chi connectivity index (χ2n) is 7.20. The molecule has 1 aliphatic rings. The van der Waals surface area contributed by atoms with Crippen LogP contribution in [0.5, 0.6) is 11.5 Å². The fourth-order valence-corrected chi connectivity index (χ4v) is 3.43. The average molecular weight is 449 g/mol. The van der Waals surface area contributed by atoms with E-state index in [4.69, 9.17) is 14.2 Å². The maximum Gasteiger partial charge on any atom is 0.354 e. The van der Waals surface area contributed by atoms with E-state index < -0.39 is 11.8 Å². The van der Waals surface area contributed by atoms with Crippen molar-refractivity contribution >= 4 is 40.0 Å². The van der Waals surface area contributed by atoms with Gasteiger partial charge in [0.15, 0.2) is 23.1 Å². The number of aromatic nitrogens is 3. The Labute approximate surface area is 187 Å². The number of esters is 1. The zero-order valence-electron chi connectivity index (χ0n) is 17.6. The largest absolute Gasteiger partial charge is 0.486 e. The first-order chi connectivity index (χ1) is 16.1. The highest BCUT2D eigenvalue weighted by molar-refractivity contribution is 5.95. The van der Waals surface area contributed by atoms with Crippen LogP contribution in [0.4, 0.5) is 27.5 Å². The van der Waals surface area contributed by atoms with Crippen molar-refractivity contribution in [1.82, 2.24) is 15.0 Å². The molecule has 3 N–H and O–H groups in total. The molecule has 0 aliphatic carbocycles. The van der Waals surface area contributed by atoms with Crippen LogP contribution < -0.4 is 20.1 Å². The number of hydrogen-bond donors (Lipinski definition) is 3. The van der Waals surface area contributed by atoms with E-state index in [9.17, 15) is 9.18 Å². The van der Waals surface area contributed by atoms with Crippen molar-refractivity contribution in [3.05, 3.63) is 60.2 Å². The number of carbonyl (C=O) groups is 1. The van der Waals surface area contributed by atoms with Gasteiger partial charge in [0.1, 0.15) is 18.9 Å². The number of nitrogens with zero attached hydrogens (tertiary/aromatic N) is 2. The number of H-pyrrole nitrogens is 1. The van der Waals surface area contributed by atoms with E-state index >= 15 is 0 Å². The number of aromatic amines is 1. The fraction of sp³-hybridized carbons (Fsp3) is 0.174. The van der Waals surface area contributed by atoms with Gasteiger partial charge in [-0.2, -0.15) is 4.98 Å². The predicted molar refractivity (Wildman–Crippen MR) is 120 cm³/mol. The Morgan fingerprint density at radius 2 is 1.88 bits per heavy atom. The predicted octanol–water partition coefficient (Wildman–Crippen LogP) is 4.53. The van der Waals surface area contributed by atoms with Gasteiger partial charge in [-0.05, 0) is 43.3 Å². The van der Waals surface area contributed by atoms with E-state index in [-0.39, 0.29) is 11.8 Å². The zero-order valence-corrected chi connectivity index (χ0v) is 17.6. The number of halogens is 1. The highest BCUT2D eigenvalue weighted by Crippen LogP contribution is 2.34. The third-order valence-electron chi connectivity index (χ3n) is 4.92. The molecule has 0 saturated heterocycles. The van der Waals surface area contributed by atoms with E-state index in [2.05, 4.69) is 25.6 Å². The maximum absolute atomic E-state index is 14.4. The molecule has 5 rings (SSSR count). The minimum atomic E-state index is -0.601. The highest BCUT2D eigenvalue weighted by atomic mass is 19.1. The van der Waals surface area contributed by atoms with E-state index in [1.165, 1.54) is 0 Å². The quantitative estimate of drug-likeness (QED) is 0.368. The van der Waals surface area contributed by atoms with Crippen LogP contribution in [0.2, 0.25) is 0 Å². The number of ether oxygens (including phenoxy) is 3. The van der Waals surface area contributed by atoms with Crippen molar-refractivity contribution in [3.8, 4) is 11.5 Å². The molecule has 9 nitrogen and oxygen atoms in total. The lowest BCUT2D eigenvalue weighted by molar-refractivity contribution is 0.0520. The Hall–Kier alpha value is -4.34. The number of carbonyl (C=O) groups excluding carboxylic acids is 1. The lowest BCUT2D eigenvalue weighted by atomic mass is 10.2. The minimum absolute atomic E-state index is 0.0106. The lowest BCUT2D eigenvalue weighted by Gasteiger charge is -2.19. The summed E-state index contributed by atoms with van der Waals surface area (Å²) in [6.45, 7) is 3.00. The van der Waals surface area contributed by atoms with Crippen LogP contribution in [0.1, 0.15) is 17.4 Å². The summed E-state index contributed by atoms with van der Waals surface area (Å²) in [6, 6.07) is 12.4. The van der Waals surface area contributed by atoms with Crippen LogP contribution in [0.25, 0.3) is 10.9 Å². The molecule has 1 aliphatic heterocycles. The molecule has 4 aromatic rings. The first-order valence-corrected chi connectivity index (χ1v) is 10.3. The highest BCUT2D eigenvalue weighted by Gasteiger charge is 2.14. The van der Waals surface area contributed by atoms with Crippen LogP contribution in [0, 0.1) is 5.82 Å². The minimum Gasteiger partial charge on any atom is -0.486 e. The lowest BCUT2D eigenvalue weighted by Crippen LogP contribution is -2.15. The summed E-state index contributed by atoms with van der Waals surface area (Å²) >= 11 is 0. The molecule has 0 saturated carbocycles. The first kappa shape index (κ1) is 20.6. The van der Waals surface area contributed by atoms with Crippen LogP contribution in [-0.2, 0) is 4.74 Å². The normalized spacial score (nSPS) is 12.4. The van der Waals surface area contributed by atoms with Crippen molar-refractivity contribution in [1.29, 1.82) is 0 Å². The van der Waals surface area contributed by atoms with Crippen LogP contribution in [-0.4, -0.2) is 40.7 Å². The van der Waals surface area contributed by atoms with Crippen LogP contribution in [0.15, 0.2) is 48.7 Å². The van der Waals surface area contributed by atoms with E-state index in [0.717, 1.165) is 17.1 Å². The zero-order chi connectivity index (χ0) is 22.8. The molecule has 168 valence electrons. The summed E-state index contributed by atoms with van der Waals surface area (Å²) in [4.78, 5) is 23.2. The molecule has 2 aromatic heterocycles. The molecule has 0 bridgehead atoms. The molecular weight excluding hydrogens is 429 g/mol. The van der Waals surface area contributed by atoms with Crippen molar-refractivity contribution in [2.75, 3.05) is 30.5 Å². The number of rotatable bonds is 6. The van der Waals surface area contributed by atoms with E-state index in [0.29, 0.717) is 48.4 Å². The van der Waals surface area contributed by atoms with Gasteiger partial charge >= 0.3 is 5.97 Å². The molecular formula is C23H20FN5O4. The summed E-state index contributed by atoms with van der Waals surface area (Å²) < 4.78 is 30.5. The van der Waals surface area contributed by atoms with Crippen molar-refractivity contribution in [2.45, 2.75) is 6.92 Å². The van der Waals surface area contributed by atoms with Gasteiger partial charge in [0, 0.05) is 28.3 Å². The van der Waals surface area contributed by atoms with Crippen LogP contribution >= 0.6 is 0 Å². The molecule has 0 spiro atoms. The summed E-state index contributed by atoms with van der Waals surface area (Å²) in [7, 11) is 0. The molecule has 10 heteroatoms. The molecule has 0 radical (unpaired) electrons. The molecule has 0 unspecified atom stereocenters. The van der Waals surface area contributed by atoms with Gasteiger partial charge in [0.2, 0.25) is 5.95 Å². The number of benzene rings is 2. The first-order valence-electron chi connectivity index (χ1n) is 10.3. The Bertz CT molecular complexity index is 1340. The molecule has 0 atom stereocenters. The standard InChI is InChI=1S/C23H20FN5O4/c1-2-31-22(30)18-10-13-9-14(3-5-17(13)28-18)27-23-25-12-16(24)21(29-23)26-15-4-6-19-20(11-15)33-8-7-32-19/h3-6,9-12,28H,2,7-8H2,1H3,(H2,25,26,27,29). The number of fused-ring (bicyclic) bond motifs is 2. The Kier molecular flexibility index (Phi) is 5.39. The smallest absolute Gasteiger partial charge is 0.354 e. The summed E-state index contributed by atoms with van der Waals surface area (Å²) in [6.07, 6.45) is 1.09. The Morgan fingerprint density at radius 1 is 1.09 bits per heavy atom. The SMILES string of the molecule is CCOC(=O)c1cc2cc(Nc3ncc(F)c(Nc4ccc5c(c4)OCCO5)n3)ccc2[nH]1. The van der Waals surface area contributed by atoms with Crippen molar-refractivity contribution in [2.24, 2.45) is 0 Å². The second-order valence-corrected chi connectivity index (χ2v) is 7.20. The van der Waals surface area contributed by atoms with Crippen molar-refractivity contribution < 1.29 is 23.4 Å². The monoisotopic (exact) mass is 449 g/mol. The summed E-state index contributed by atoms with van der Waals surface area (Å²) in [5.74, 6) is 0.425. The molecule has 0 amide bonds. The number of hydrogen-bond acceptors (Lipinski definition) is 8. The fourth-order valence-electron chi connectivity index (χ4n) is 3.43. The van der Waals surface area contributed by atoms with Gasteiger partial charge < -0.3 is 29.8 Å². The van der Waals surface area contributed by atoms with Crippen LogP contribution in [0.3, 0.4) is 0 Å². The van der Waals surface area contributed by atoms with Gasteiger partial charge in [0.25, 0.3) is 0 Å². The van der Waals surface area contributed by atoms with E-state index in [1.807, 2.05) is 12.1 Å². The Balaban J connectivity index is 1.35. The van der Waals surface area contributed by atoms with E-state index in [1.54, 1.807) is 37.3 Å². The van der Waals surface area contributed by atoms with Crippen molar-refractivity contribution in [3.63, 3.8) is 0 Å². The number of nitrogens with one attached hydrogen (secondary N) is 3. The maximum atomic E-state index is 14.4. The summed E-state index contributed by atoms with van der Waals surface area (Å²) in [5.41, 5.74) is 2.43.